The van der Waals surface area contributed by atoms with Crippen LogP contribution in [0.25, 0.3) is 0 Å². The number of aromatic amines is 1. The molecule has 2 N–H and O–H groups in total. The van der Waals surface area contributed by atoms with Crippen LogP contribution in [0.3, 0.4) is 0 Å². The van der Waals surface area contributed by atoms with E-state index in [0.29, 0.717) is 44.1 Å². The Kier molecular flexibility index (Phi) is 7.46. The van der Waals surface area contributed by atoms with E-state index in [0.717, 1.165) is 5.56 Å². The molecule has 186 valence electrons. The van der Waals surface area contributed by atoms with Crippen molar-refractivity contribution in [2.45, 2.75) is 43.7 Å². The average Bonchev–Trinajstić information content (AvgIpc) is 2.82. The highest BCUT2D eigenvalue weighted by Gasteiger charge is 2.36. The van der Waals surface area contributed by atoms with Crippen molar-refractivity contribution in [3.05, 3.63) is 102 Å². The maximum Gasteiger partial charge on any atom is 0.337 e. The number of nitrogens with one attached hydrogen (secondary N) is 2. The maximum atomic E-state index is 13.3. The number of rotatable bonds is 7. The Hall–Kier alpha value is -3.63. The van der Waals surface area contributed by atoms with Gasteiger partial charge < -0.3 is 15.0 Å². The highest BCUT2D eigenvalue weighted by molar-refractivity contribution is 7.98. The van der Waals surface area contributed by atoms with Crippen LogP contribution in [0.1, 0.15) is 43.4 Å². The number of thioether (sulfide) groups is 1. The highest BCUT2D eigenvalue weighted by Crippen LogP contribution is 2.40. The van der Waals surface area contributed by atoms with Gasteiger partial charge in [-0.3, -0.25) is 14.9 Å². The summed E-state index contributed by atoms with van der Waals surface area (Å²) in [6.07, 6.45) is -0.334. The summed E-state index contributed by atoms with van der Waals surface area (Å²) in [7, 11) is 0. The summed E-state index contributed by atoms with van der Waals surface area (Å²) in [5, 5.41) is 14.9. The molecule has 3 aromatic rings. The molecule has 4 rings (SSSR count). The van der Waals surface area contributed by atoms with E-state index in [-0.39, 0.29) is 17.4 Å². The number of nitrogens with zero attached hydrogens (tertiary/aromatic N) is 2. The zero-order valence-corrected chi connectivity index (χ0v) is 21.3. The van der Waals surface area contributed by atoms with E-state index in [1.807, 2.05) is 0 Å². The summed E-state index contributed by atoms with van der Waals surface area (Å²) in [4.78, 5) is 44.2. The first-order valence-electron chi connectivity index (χ1n) is 11.1. The Morgan fingerprint density at radius 1 is 1.19 bits per heavy atom. The molecule has 0 radical (unpaired) electrons. The molecule has 1 atom stereocenters. The third-order valence-electron chi connectivity index (χ3n) is 5.51. The van der Waals surface area contributed by atoms with Crippen molar-refractivity contribution >= 4 is 40.8 Å². The van der Waals surface area contributed by atoms with Crippen LogP contribution in [-0.2, 0) is 15.3 Å². The van der Waals surface area contributed by atoms with Crippen LogP contribution in [0, 0.1) is 10.1 Å². The number of allylic oxidation sites excluding steroid dienone is 1. The van der Waals surface area contributed by atoms with Gasteiger partial charge in [0.05, 0.1) is 28.1 Å². The molecule has 0 aliphatic carbocycles. The lowest BCUT2D eigenvalue weighted by Crippen LogP contribution is -2.31. The maximum absolute atomic E-state index is 13.3. The van der Waals surface area contributed by atoms with Crippen LogP contribution >= 0.6 is 23.4 Å². The lowest BCUT2D eigenvalue weighted by molar-refractivity contribution is -0.384. The molecule has 1 aliphatic rings. The average molecular weight is 527 g/mol. The van der Waals surface area contributed by atoms with Gasteiger partial charge in [0.1, 0.15) is 5.82 Å². The lowest BCUT2D eigenvalue weighted by atomic mass is 9.82. The zero-order valence-electron chi connectivity index (χ0n) is 19.7. The fourth-order valence-electron chi connectivity index (χ4n) is 3.90. The first kappa shape index (κ1) is 25.5. The molecular formula is C25H23ClN4O5S. The number of hydrogen-bond acceptors (Lipinski definition) is 8. The van der Waals surface area contributed by atoms with Crippen molar-refractivity contribution in [1.29, 1.82) is 0 Å². The summed E-state index contributed by atoms with van der Waals surface area (Å²) in [6, 6.07) is 13.1. The number of benzene rings is 2. The van der Waals surface area contributed by atoms with Crippen molar-refractivity contribution in [1.82, 2.24) is 9.97 Å². The van der Waals surface area contributed by atoms with Gasteiger partial charge in [-0.15, -0.1) is 0 Å². The second-order valence-electron chi connectivity index (χ2n) is 8.45. The third kappa shape index (κ3) is 5.44. The van der Waals surface area contributed by atoms with Gasteiger partial charge in [0.2, 0.25) is 0 Å². The van der Waals surface area contributed by atoms with E-state index in [1.54, 1.807) is 57.2 Å². The Labute approximate surface area is 216 Å². The second kappa shape index (κ2) is 10.5. The number of ether oxygens (including phenoxy) is 1. The van der Waals surface area contributed by atoms with Crippen molar-refractivity contribution in [2.75, 3.05) is 5.32 Å². The van der Waals surface area contributed by atoms with Crippen LogP contribution in [-0.4, -0.2) is 27.0 Å². The van der Waals surface area contributed by atoms with E-state index < -0.39 is 16.8 Å². The molecule has 2 aromatic carbocycles. The Morgan fingerprint density at radius 2 is 1.86 bits per heavy atom. The van der Waals surface area contributed by atoms with Gasteiger partial charge in [0.25, 0.3) is 11.2 Å². The molecule has 0 spiro atoms. The number of carbonyl (C=O) groups is 1. The minimum Gasteiger partial charge on any atom is -0.460 e. The minimum atomic E-state index is -0.699. The lowest BCUT2D eigenvalue weighted by Gasteiger charge is -2.29. The van der Waals surface area contributed by atoms with E-state index >= 15 is 0 Å². The molecule has 36 heavy (non-hydrogen) atoms. The number of fused-ring (bicyclic) bond motifs is 1. The molecular weight excluding hydrogens is 504 g/mol. The standard InChI is InChI=1S/C25H23ClN4O5S/c1-13(2)35-24(32)19-14(3)27-22-21(20(19)16-6-8-17(26)9-7-16)23(31)29-25(28-22)36-12-15-4-10-18(11-5-15)30(33)34/h4-11,13,20H,12H2,1-3H3,(H2,27,28,29,31). The van der Waals surface area contributed by atoms with Crippen molar-refractivity contribution in [3.63, 3.8) is 0 Å². The molecule has 9 nitrogen and oxygen atoms in total. The number of nitro groups is 1. The molecule has 1 aromatic heterocycles. The molecule has 0 saturated heterocycles. The molecule has 0 bridgehead atoms. The Morgan fingerprint density at radius 3 is 2.47 bits per heavy atom. The van der Waals surface area contributed by atoms with Crippen LogP contribution in [0.4, 0.5) is 11.5 Å². The first-order valence-corrected chi connectivity index (χ1v) is 12.4. The summed E-state index contributed by atoms with van der Waals surface area (Å²) >= 11 is 7.37. The summed E-state index contributed by atoms with van der Waals surface area (Å²) < 4.78 is 5.48. The van der Waals surface area contributed by atoms with Crippen molar-refractivity contribution in [3.8, 4) is 0 Å². The fraction of sp³-hybridized carbons (Fsp3) is 0.240. The van der Waals surface area contributed by atoms with Crippen molar-refractivity contribution in [2.24, 2.45) is 0 Å². The number of esters is 1. The van der Waals surface area contributed by atoms with Gasteiger partial charge in [-0.2, -0.15) is 0 Å². The SMILES string of the molecule is CC1=C(C(=O)OC(C)C)C(c2ccc(Cl)cc2)c2c(nc(SCc3ccc([N+](=O)[O-])cc3)[nH]c2=O)N1. The molecule has 2 heterocycles. The predicted molar refractivity (Wildman–Crippen MR) is 138 cm³/mol. The van der Waals surface area contributed by atoms with Gasteiger partial charge in [-0.05, 0) is 44.0 Å². The van der Waals surface area contributed by atoms with Crippen molar-refractivity contribution < 1.29 is 14.5 Å². The normalized spacial score (nSPS) is 14.9. The smallest absolute Gasteiger partial charge is 0.337 e. The fourth-order valence-corrected chi connectivity index (χ4v) is 4.84. The van der Waals surface area contributed by atoms with E-state index in [9.17, 15) is 19.7 Å². The molecule has 0 saturated carbocycles. The minimum absolute atomic E-state index is 0.00978. The van der Waals surface area contributed by atoms with E-state index in [4.69, 9.17) is 16.3 Å². The van der Waals surface area contributed by atoms with Crippen LogP contribution < -0.4 is 10.9 Å². The van der Waals surface area contributed by atoms with Crippen LogP contribution in [0.15, 0.2) is 69.8 Å². The quantitative estimate of drug-likeness (QED) is 0.137. The number of anilines is 1. The number of aromatic nitrogens is 2. The molecule has 0 amide bonds. The third-order valence-corrected chi connectivity index (χ3v) is 6.71. The summed E-state index contributed by atoms with van der Waals surface area (Å²) in [5.41, 5.74) is 2.34. The van der Waals surface area contributed by atoms with Gasteiger partial charge in [0.15, 0.2) is 5.16 Å². The predicted octanol–water partition coefficient (Wildman–Crippen LogP) is 5.41. The van der Waals surface area contributed by atoms with E-state index in [1.165, 1.54) is 23.9 Å². The number of non-ortho nitro benzene ring substituents is 1. The molecule has 1 aliphatic heterocycles. The number of H-pyrrole nitrogens is 1. The molecule has 11 heteroatoms. The van der Waals surface area contributed by atoms with Gasteiger partial charge in [-0.25, -0.2) is 9.78 Å². The van der Waals surface area contributed by atoms with Crippen LogP contribution in [0.5, 0.6) is 0 Å². The zero-order chi connectivity index (χ0) is 26.0. The summed E-state index contributed by atoms with van der Waals surface area (Å²) in [6.45, 7) is 5.27. The number of nitro benzene ring substituents is 1. The molecule has 0 fully saturated rings. The van der Waals surface area contributed by atoms with Gasteiger partial charge in [-0.1, -0.05) is 47.6 Å². The Balaban J connectivity index is 1.70. The summed E-state index contributed by atoms with van der Waals surface area (Å²) in [5.74, 6) is -0.420. The van der Waals surface area contributed by atoms with Gasteiger partial charge in [0, 0.05) is 28.6 Å². The number of hydrogen-bond donors (Lipinski definition) is 2. The largest absolute Gasteiger partial charge is 0.460 e. The second-order valence-corrected chi connectivity index (χ2v) is 9.85. The van der Waals surface area contributed by atoms with E-state index in [2.05, 4.69) is 15.3 Å². The number of carbonyl (C=O) groups excluding carboxylic acids is 1. The topological polar surface area (TPSA) is 127 Å². The first-order chi connectivity index (χ1) is 17.1. The number of halogens is 1. The highest BCUT2D eigenvalue weighted by atomic mass is 35.5. The molecule has 1 unspecified atom stereocenters. The van der Waals surface area contributed by atoms with Crippen LogP contribution in [0.2, 0.25) is 5.02 Å². The van der Waals surface area contributed by atoms with Gasteiger partial charge >= 0.3 is 5.97 Å². The monoisotopic (exact) mass is 526 g/mol. The Bertz CT molecular complexity index is 1400.